The SMILES string of the molecule is C[C@@H]1C[CH-]CN1C(S)S.C[C@@H]1C[CH-]CN1C(S)S.[Re].[Re]. The standard InChI is InChI=1S/2C6H12NS2.2Re/c2*1-5-3-2-4-7(5)6(8)9;;/h2*2,5-6,8-9H,3-4H2,1H3;;/q2*-1;;/t2*5-;;/m11../s1. The maximum Gasteiger partial charge on any atom is 0.0947 e. The molecule has 0 aromatic carbocycles. The van der Waals surface area contributed by atoms with E-state index in [1.807, 2.05) is 0 Å². The van der Waals surface area contributed by atoms with Gasteiger partial charge in [-0.3, -0.25) is 0 Å². The van der Waals surface area contributed by atoms with Crippen LogP contribution in [-0.2, 0) is 40.8 Å². The molecule has 20 heavy (non-hydrogen) atoms. The summed E-state index contributed by atoms with van der Waals surface area (Å²) >= 11 is 16.9. The quantitative estimate of drug-likeness (QED) is 0.201. The van der Waals surface area contributed by atoms with Crippen LogP contribution >= 0.6 is 50.5 Å². The van der Waals surface area contributed by atoms with Gasteiger partial charge in [-0.15, -0.1) is 63.6 Å². The molecule has 2 radical (unpaired) electrons. The van der Waals surface area contributed by atoms with E-state index in [0.29, 0.717) is 12.1 Å². The zero-order chi connectivity index (χ0) is 13.7. The van der Waals surface area contributed by atoms with Crippen molar-refractivity contribution >= 4 is 50.5 Å². The maximum absolute atomic E-state index is 4.22. The van der Waals surface area contributed by atoms with Crippen LogP contribution < -0.4 is 0 Å². The molecule has 0 aliphatic carbocycles. The average Bonchev–Trinajstić information content (AvgIpc) is 2.87. The van der Waals surface area contributed by atoms with E-state index in [1.54, 1.807) is 0 Å². The summed E-state index contributed by atoms with van der Waals surface area (Å²) in [5.74, 6) is 0. The Kier molecular flexibility index (Phi) is 16.2. The van der Waals surface area contributed by atoms with Gasteiger partial charge in [0.15, 0.2) is 0 Å². The van der Waals surface area contributed by atoms with Crippen molar-refractivity contribution < 1.29 is 40.8 Å². The molecule has 0 unspecified atom stereocenters. The van der Waals surface area contributed by atoms with E-state index in [1.165, 1.54) is 12.8 Å². The van der Waals surface area contributed by atoms with Crippen molar-refractivity contribution in [2.45, 2.75) is 48.2 Å². The van der Waals surface area contributed by atoms with Crippen molar-refractivity contribution in [3.8, 4) is 0 Å². The van der Waals surface area contributed by atoms with Gasteiger partial charge in [0, 0.05) is 40.8 Å². The largest absolute Gasteiger partial charge is 0.313 e. The first-order valence-corrected chi connectivity index (χ1v) is 8.37. The fourth-order valence-corrected chi connectivity index (χ4v) is 3.49. The van der Waals surface area contributed by atoms with E-state index in [-0.39, 0.29) is 50.3 Å². The zero-order valence-corrected chi connectivity index (χ0v) is 20.7. The molecule has 0 spiro atoms. The Labute approximate surface area is 173 Å². The normalized spacial score (nSPS) is 27.0. The van der Waals surface area contributed by atoms with Crippen molar-refractivity contribution in [3.63, 3.8) is 0 Å². The van der Waals surface area contributed by atoms with Gasteiger partial charge in [0.05, 0.1) is 9.41 Å². The summed E-state index contributed by atoms with van der Waals surface area (Å²) in [4.78, 5) is 4.48. The minimum Gasteiger partial charge on any atom is -0.313 e. The number of rotatable bonds is 2. The van der Waals surface area contributed by atoms with E-state index >= 15 is 0 Å². The number of hydrogen-bond acceptors (Lipinski definition) is 6. The molecule has 2 fully saturated rings. The minimum absolute atomic E-state index is 0. The molecule has 2 saturated heterocycles. The molecule has 2 aliphatic rings. The summed E-state index contributed by atoms with van der Waals surface area (Å²) in [7, 11) is 0. The zero-order valence-electron chi connectivity index (χ0n) is 11.7. The molecule has 2 heterocycles. The van der Waals surface area contributed by atoms with Crippen LogP contribution in [0.15, 0.2) is 0 Å². The number of hydrogen-bond donors (Lipinski definition) is 4. The maximum atomic E-state index is 4.22. The molecule has 2 nitrogen and oxygen atoms in total. The number of nitrogens with zero attached hydrogens (tertiary/aromatic N) is 2. The number of likely N-dealkylation sites (tertiary alicyclic amines) is 2. The Bertz CT molecular complexity index is 223. The van der Waals surface area contributed by atoms with Crippen LogP contribution in [0, 0.1) is 12.8 Å². The summed E-state index contributed by atoms with van der Waals surface area (Å²) in [5.41, 5.74) is 0. The first-order valence-electron chi connectivity index (χ1n) is 6.30. The first-order chi connectivity index (χ1) is 8.43. The first kappa shape index (κ1) is 24.9. The molecule has 122 valence electrons. The van der Waals surface area contributed by atoms with Crippen molar-refractivity contribution in [2.75, 3.05) is 13.1 Å². The molecule has 2 rings (SSSR count). The Hall–Kier alpha value is 2.64. The third-order valence-electron chi connectivity index (χ3n) is 3.42. The van der Waals surface area contributed by atoms with E-state index in [9.17, 15) is 0 Å². The summed E-state index contributed by atoms with van der Waals surface area (Å²) in [6.45, 7) is 6.48. The number of thiol groups is 4. The predicted octanol–water partition coefficient (Wildman–Crippen LogP) is 2.85. The van der Waals surface area contributed by atoms with Crippen LogP contribution in [0.4, 0.5) is 0 Å². The van der Waals surface area contributed by atoms with Crippen molar-refractivity contribution in [1.82, 2.24) is 9.80 Å². The van der Waals surface area contributed by atoms with Crippen LogP contribution in [0.25, 0.3) is 0 Å². The Morgan fingerprint density at radius 1 is 0.800 bits per heavy atom. The van der Waals surface area contributed by atoms with Gasteiger partial charge in [0.25, 0.3) is 0 Å². The third kappa shape index (κ3) is 8.48. The van der Waals surface area contributed by atoms with Gasteiger partial charge in [0.1, 0.15) is 0 Å². The summed E-state index contributed by atoms with van der Waals surface area (Å²) in [5, 5.41) is 0. The van der Waals surface area contributed by atoms with Gasteiger partial charge in [-0.1, -0.05) is 13.8 Å². The van der Waals surface area contributed by atoms with Crippen molar-refractivity contribution in [1.29, 1.82) is 0 Å². The molecular formula is C12H24N2Re2S4-2. The fraction of sp³-hybridized carbons (Fsp3) is 0.833. The monoisotopic (exact) mass is 698 g/mol. The van der Waals surface area contributed by atoms with Crippen molar-refractivity contribution in [3.05, 3.63) is 12.8 Å². The van der Waals surface area contributed by atoms with Gasteiger partial charge < -0.3 is 22.6 Å². The second kappa shape index (κ2) is 13.0. The summed E-state index contributed by atoms with van der Waals surface area (Å²) in [6, 6.07) is 1.26. The van der Waals surface area contributed by atoms with Gasteiger partial charge >= 0.3 is 0 Å². The smallest absolute Gasteiger partial charge is 0.0947 e. The molecule has 0 aromatic heterocycles. The third-order valence-corrected chi connectivity index (χ3v) is 4.61. The second-order valence-electron chi connectivity index (χ2n) is 4.83. The van der Waals surface area contributed by atoms with E-state index in [4.69, 9.17) is 0 Å². The minimum atomic E-state index is 0. The van der Waals surface area contributed by atoms with E-state index in [2.05, 4.69) is 87.0 Å². The molecule has 0 saturated carbocycles. The molecule has 8 heteroatoms. The Morgan fingerprint density at radius 3 is 1.20 bits per heavy atom. The Balaban J connectivity index is 0. The van der Waals surface area contributed by atoms with Crippen molar-refractivity contribution in [2.24, 2.45) is 0 Å². The fourth-order valence-electron chi connectivity index (χ4n) is 2.20. The van der Waals surface area contributed by atoms with Gasteiger partial charge in [0.2, 0.25) is 0 Å². The summed E-state index contributed by atoms with van der Waals surface area (Å²) < 4.78 is 0.220. The predicted molar refractivity (Wildman–Crippen MR) is 93.7 cm³/mol. The summed E-state index contributed by atoms with van der Waals surface area (Å²) in [6.07, 6.45) is 6.89. The van der Waals surface area contributed by atoms with Crippen LogP contribution in [0.1, 0.15) is 26.7 Å². The Morgan fingerprint density at radius 2 is 1.10 bits per heavy atom. The van der Waals surface area contributed by atoms with Gasteiger partial charge in [-0.2, -0.15) is 12.8 Å². The van der Waals surface area contributed by atoms with Crippen LogP contribution in [0.3, 0.4) is 0 Å². The molecule has 0 N–H and O–H groups in total. The van der Waals surface area contributed by atoms with E-state index in [0.717, 1.165) is 13.1 Å². The van der Waals surface area contributed by atoms with Crippen LogP contribution in [0.5, 0.6) is 0 Å². The van der Waals surface area contributed by atoms with E-state index < -0.39 is 0 Å². The molecule has 2 atom stereocenters. The molecule has 0 aromatic rings. The van der Waals surface area contributed by atoms with Crippen LogP contribution in [0.2, 0.25) is 0 Å². The molecule has 0 amide bonds. The van der Waals surface area contributed by atoms with Gasteiger partial charge in [-0.25, -0.2) is 0 Å². The molecule has 0 bridgehead atoms. The van der Waals surface area contributed by atoms with Gasteiger partial charge in [-0.05, 0) is 12.1 Å². The topological polar surface area (TPSA) is 6.48 Å². The average molecular weight is 697 g/mol. The molecular weight excluding hydrogens is 673 g/mol. The van der Waals surface area contributed by atoms with Crippen LogP contribution in [-0.4, -0.2) is 44.4 Å². The molecule has 2 aliphatic heterocycles. The second-order valence-corrected chi connectivity index (χ2v) is 7.60.